The zero-order valence-corrected chi connectivity index (χ0v) is 33.4. The van der Waals surface area contributed by atoms with Crippen LogP contribution in [0, 0.1) is 11.8 Å². The lowest BCUT2D eigenvalue weighted by Crippen LogP contribution is -2.05. The first-order valence-corrected chi connectivity index (χ1v) is 20.7. The van der Waals surface area contributed by atoms with E-state index >= 15 is 0 Å². The zero-order valence-electron chi connectivity index (χ0n) is 33.4. The van der Waals surface area contributed by atoms with Gasteiger partial charge < -0.3 is 9.47 Å². The predicted octanol–water partition coefficient (Wildman–Crippen LogP) is 14.4. The molecule has 0 amide bonds. The molecule has 0 heterocycles. The molecule has 0 unspecified atom stereocenters. The topological polar surface area (TPSA) is 52.6 Å². The predicted molar refractivity (Wildman–Crippen MR) is 210 cm³/mol. The van der Waals surface area contributed by atoms with Crippen molar-refractivity contribution in [3.8, 4) is 0 Å². The maximum atomic E-state index is 11.2. The van der Waals surface area contributed by atoms with Crippen LogP contribution in [0.4, 0.5) is 0 Å². The highest BCUT2D eigenvalue weighted by atomic mass is 16.5. The third-order valence-corrected chi connectivity index (χ3v) is 9.01. The lowest BCUT2D eigenvalue weighted by Gasteiger charge is -2.05. The maximum absolute atomic E-state index is 11.2. The molecule has 0 rings (SSSR count). The van der Waals surface area contributed by atoms with E-state index in [0.29, 0.717) is 24.4 Å². The highest BCUT2D eigenvalue weighted by molar-refractivity contribution is 5.87. The summed E-state index contributed by atoms with van der Waals surface area (Å²) in [5.41, 5.74) is 0.983. The van der Waals surface area contributed by atoms with Crippen LogP contribution in [0.15, 0.2) is 24.3 Å². The Morgan fingerprint density at radius 2 is 0.562 bits per heavy atom. The van der Waals surface area contributed by atoms with E-state index in [1.54, 1.807) is 13.8 Å². The molecule has 0 saturated carbocycles. The molecule has 0 fully saturated rings. The van der Waals surface area contributed by atoms with Gasteiger partial charge in [-0.2, -0.15) is 0 Å². The molecule has 4 nitrogen and oxygen atoms in total. The van der Waals surface area contributed by atoms with Gasteiger partial charge in [0.15, 0.2) is 0 Å². The van der Waals surface area contributed by atoms with Crippen molar-refractivity contribution in [1.29, 1.82) is 0 Å². The highest BCUT2D eigenvalue weighted by Gasteiger charge is 2.03. The Hall–Kier alpha value is -1.58. The van der Waals surface area contributed by atoms with Gasteiger partial charge in [0.25, 0.3) is 0 Å². The molecule has 48 heavy (non-hydrogen) atoms. The number of rotatable bonds is 34. The van der Waals surface area contributed by atoms with Crippen LogP contribution in [0.3, 0.4) is 0 Å². The number of carbonyl (C=O) groups excluding carboxylic acids is 2. The standard InChI is InChI=1S/2C22H42O2/c2*1-20(2)18-16-14-12-10-8-6-5-7-9-11-13-15-17-19-24-22(23)21(3)4/h2*20H,3,5-19H2,1-2,4H3. The maximum Gasteiger partial charge on any atom is 0.333 e. The van der Waals surface area contributed by atoms with Crippen molar-refractivity contribution >= 4 is 11.9 Å². The average molecular weight is 677 g/mol. The lowest BCUT2D eigenvalue weighted by atomic mass is 10.0. The zero-order chi connectivity index (χ0) is 36.1. The fourth-order valence-electron chi connectivity index (χ4n) is 5.77. The van der Waals surface area contributed by atoms with Gasteiger partial charge in [-0.05, 0) is 38.5 Å². The van der Waals surface area contributed by atoms with Crippen LogP contribution in [-0.4, -0.2) is 25.2 Å². The van der Waals surface area contributed by atoms with Crippen LogP contribution in [-0.2, 0) is 19.1 Å². The number of ether oxygens (including phenoxy) is 2. The first-order chi connectivity index (χ1) is 23.1. The van der Waals surface area contributed by atoms with Gasteiger partial charge in [-0.25, -0.2) is 9.59 Å². The fourth-order valence-corrected chi connectivity index (χ4v) is 5.77. The molecular formula is C44H84O4. The van der Waals surface area contributed by atoms with Crippen LogP contribution in [0.25, 0.3) is 0 Å². The van der Waals surface area contributed by atoms with Gasteiger partial charge in [-0.15, -0.1) is 0 Å². The Bertz CT molecular complexity index is 676. The fraction of sp³-hybridized carbons (Fsp3) is 0.864. The Balaban J connectivity index is 0. The molecule has 0 radical (unpaired) electrons. The summed E-state index contributed by atoms with van der Waals surface area (Å²) in [6.07, 6.45) is 37.7. The molecule has 0 aromatic heterocycles. The molecule has 0 spiro atoms. The molecule has 0 aliphatic carbocycles. The van der Waals surface area contributed by atoms with Crippen LogP contribution in [0.5, 0.6) is 0 Å². The summed E-state index contributed by atoms with van der Waals surface area (Å²) in [4.78, 5) is 22.4. The number of unbranched alkanes of at least 4 members (excludes halogenated alkanes) is 24. The largest absolute Gasteiger partial charge is 0.462 e. The van der Waals surface area contributed by atoms with Crippen LogP contribution in [0.1, 0.15) is 221 Å². The molecule has 0 aromatic carbocycles. The smallest absolute Gasteiger partial charge is 0.333 e. The molecule has 0 atom stereocenters. The molecule has 0 aliphatic heterocycles. The molecular weight excluding hydrogens is 592 g/mol. The molecule has 284 valence electrons. The summed E-state index contributed by atoms with van der Waals surface area (Å²) < 4.78 is 10.2. The summed E-state index contributed by atoms with van der Waals surface area (Å²) >= 11 is 0. The number of hydrogen-bond donors (Lipinski definition) is 0. The van der Waals surface area contributed by atoms with E-state index in [0.717, 1.165) is 24.7 Å². The summed E-state index contributed by atoms with van der Waals surface area (Å²) in [6.45, 7) is 20.9. The van der Waals surface area contributed by atoms with Crippen molar-refractivity contribution in [2.45, 2.75) is 221 Å². The molecule has 0 aromatic rings. The Kier molecular flexibility index (Phi) is 38.7. The summed E-state index contributed by atoms with van der Waals surface area (Å²) in [6, 6.07) is 0. The third-order valence-electron chi connectivity index (χ3n) is 9.01. The third kappa shape index (κ3) is 42.4. The summed E-state index contributed by atoms with van der Waals surface area (Å²) in [5.74, 6) is 1.23. The van der Waals surface area contributed by atoms with E-state index in [2.05, 4.69) is 40.9 Å². The van der Waals surface area contributed by atoms with Gasteiger partial charge in [0.05, 0.1) is 13.2 Å². The van der Waals surface area contributed by atoms with Crippen LogP contribution < -0.4 is 0 Å². The van der Waals surface area contributed by atoms with Gasteiger partial charge in [0.2, 0.25) is 0 Å². The van der Waals surface area contributed by atoms with Crippen molar-refractivity contribution in [3.05, 3.63) is 24.3 Å². The minimum absolute atomic E-state index is 0.255. The monoisotopic (exact) mass is 677 g/mol. The Morgan fingerprint density at radius 3 is 0.750 bits per heavy atom. The van der Waals surface area contributed by atoms with Crippen molar-refractivity contribution in [2.24, 2.45) is 11.8 Å². The van der Waals surface area contributed by atoms with E-state index < -0.39 is 0 Å². The quantitative estimate of drug-likeness (QED) is 0.0387. The van der Waals surface area contributed by atoms with E-state index in [-0.39, 0.29) is 11.9 Å². The molecule has 0 N–H and O–H groups in total. The normalized spacial score (nSPS) is 11.0. The number of hydrogen-bond acceptors (Lipinski definition) is 4. The lowest BCUT2D eigenvalue weighted by molar-refractivity contribution is -0.139. The highest BCUT2D eigenvalue weighted by Crippen LogP contribution is 2.16. The Morgan fingerprint density at radius 1 is 0.375 bits per heavy atom. The second kappa shape index (κ2) is 38.2. The second-order valence-electron chi connectivity index (χ2n) is 15.4. The SMILES string of the molecule is C=C(C)C(=O)OCCCCCCCCCCCCCCCC(C)C.C=C(C)C(=O)OCCCCCCCCCCCCCCCC(C)C. The van der Waals surface area contributed by atoms with Crippen molar-refractivity contribution < 1.29 is 19.1 Å². The molecule has 0 bridgehead atoms. The van der Waals surface area contributed by atoms with Gasteiger partial charge in [-0.1, -0.05) is 208 Å². The van der Waals surface area contributed by atoms with E-state index in [9.17, 15) is 9.59 Å². The second-order valence-corrected chi connectivity index (χ2v) is 15.4. The number of carbonyl (C=O) groups is 2. The minimum atomic E-state index is -0.255. The van der Waals surface area contributed by atoms with E-state index in [4.69, 9.17) is 9.47 Å². The molecule has 0 aliphatic rings. The van der Waals surface area contributed by atoms with Gasteiger partial charge in [-0.3, -0.25) is 0 Å². The molecule has 4 heteroatoms. The first-order valence-electron chi connectivity index (χ1n) is 20.7. The van der Waals surface area contributed by atoms with E-state index in [1.165, 1.54) is 167 Å². The Labute approximate surface area is 301 Å². The summed E-state index contributed by atoms with van der Waals surface area (Å²) in [5, 5.41) is 0. The molecule has 0 saturated heterocycles. The average Bonchev–Trinajstić information content (AvgIpc) is 3.03. The number of esters is 2. The van der Waals surface area contributed by atoms with Crippen LogP contribution in [0.2, 0.25) is 0 Å². The van der Waals surface area contributed by atoms with Crippen LogP contribution >= 0.6 is 0 Å². The van der Waals surface area contributed by atoms with Gasteiger partial charge >= 0.3 is 11.9 Å². The van der Waals surface area contributed by atoms with Crippen molar-refractivity contribution in [1.82, 2.24) is 0 Å². The van der Waals surface area contributed by atoms with Crippen molar-refractivity contribution in [2.75, 3.05) is 13.2 Å². The van der Waals surface area contributed by atoms with Gasteiger partial charge in [0, 0.05) is 11.1 Å². The summed E-state index contributed by atoms with van der Waals surface area (Å²) in [7, 11) is 0. The minimum Gasteiger partial charge on any atom is -0.462 e. The first kappa shape index (κ1) is 48.5. The van der Waals surface area contributed by atoms with Crippen molar-refractivity contribution in [3.63, 3.8) is 0 Å². The van der Waals surface area contributed by atoms with Gasteiger partial charge in [0.1, 0.15) is 0 Å². The van der Waals surface area contributed by atoms with E-state index in [1.807, 2.05) is 0 Å².